The smallest absolute Gasteiger partial charge is 0.173 e. The van der Waals surface area contributed by atoms with E-state index in [2.05, 4.69) is 23.8 Å². The first-order chi connectivity index (χ1) is 6.58. The van der Waals surface area contributed by atoms with Gasteiger partial charge in [-0.25, -0.2) is 0 Å². The van der Waals surface area contributed by atoms with Crippen molar-refractivity contribution < 1.29 is 0 Å². The molecule has 2 atom stereocenters. The van der Waals surface area contributed by atoms with Gasteiger partial charge in [-0.05, 0) is 11.8 Å². The van der Waals surface area contributed by atoms with Gasteiger partial charge in [-0.1, -0.05) is 13.8 Å². The molecule has 0 spiro atoms. The van der Waals surface area contributed by atoms with Crippen molar-refractivity contribution in [2.24, 2.45) is 18.9 Å². The zero-order valence-corrected chi connectivity index (χ0v) is 9.07. The Kier molecular flexibility index (Phi) is 2.13. The second kappa shape index (κ2) is 3.19. The van der Waals surface area contributed by atoms with Gasteiger partial charge < -0.3 is 10.6 Å². The Bertz CT molecular complexity index is 321. The van der Waals surface area contributed by atoms with Gasteiger partial charge in [0.2, 0.25) is 0 Å². The Morgan fingerprint density at radius 3 is 2.36 bits per heavy atom. The predicted octanol–water partition coefficient (Wildman–Crippen LogP) is 1.09. The van der Waals surface area contributed by atoms with Crippen LogP contribution in [0.4, 0.5) is 11.5 Å². The molecule has 4 nitrogen and oxygen atoms in total. The molecule has 2 heterocycles. The Hall–Kier alpha value is -1.19. The van der Waals surface area contributed by atoms with E-state index in [-0.39, 0.29) is 0 Å². The second-order valence-electron chi connectivity index (χ2n) is 4.44. The summed E-state index contributed by atoms with van der Waals surface area (Å²) in [7, 11) is 1.91. The predicted molar refractivity (Wildman–Crippen MR) is 58.2 cm³/mol. The zero-order valence-electron chi connectivity index (χ0n) is 9.07. The van der Waals surface area contributed by atoms with Crippen LogP contribution >= 0.6 is 0 Å². The molecular weight excluding hydrogens is 176 g/mol. The van der Waals surface area contributed by atoms with Gasteiger partial charge in [-0.15, -0.1) is 0 Å². The van der Waals surface area contributed by atoms with Crippen LogP contribution < -0.4 is 10.6 Å². The maximum atomic E-state index is 5.89. The minimum absolute atomic E-state index is 0.733. The molecule has 0 bridgehead atoms. The molecule has 0 amide bonds. The number of nitrogen functional groups attached to an aromatic ring is 1. The summed E-state index contributed by atoms with van der Waals surface area (Å²) in [5.74, 6) is 2.41. The minimum atomic E-state index is 0.733. The van der Waals surface area contributed by atoms with E-state index in [1.54, 1.807) is 4.68 Å². The third kappa shape index (κ3) is 1.45. The molecule has 14 heavy (non-hydrogen) atoms. The van der Waals surface area contributed by atoms with Crippen LogP contribution in [0.25, 0.3) is 0 Å². The first kappa shape index (κ1) is 9.37. The molecule has 1 saturated heterocycles. The number of anilines is 2. The minimum Gasteiger partial charge on any atom is -0.394 e. The topological polar surface area (TPSA) is 47.1 Å². The summed E-state index contributed by atoms with van der Waals surface area (Å²) in [6, 6.07) is 0. The fourth-order valence-corrected chi connectivity index (χ4v) is 2.04. The van der Waals surface area contributed by atoms with Crippen molar-refractivity contribution in [2.75, 3.05) is 23.7 Å². The molecule has 2 rings (SSSR count). The zero-order chi connectivity index (χ0) is 10.3. The van der Waals surface area contributed by atoms with Crippen molar-refractivity contribution in [3.05, 3.63) is 6.20 Å². The monoisotopic (exact) mass is 194 g/mol. The summed E-state index contributed by atoms with van der Waals surface area (Å²) < 4.78 is 1.78. The fourth-order valence-electron chi connectivity index (χ4n) is 2.04. The largest absolute Gasteiger partial charge is 0.394 e. The molecule has 4 heteroatoms. The number of rotatable bonds is 1. The van der Waals surface area contributed by atoms with Gasteiger partial charge in [-0.3, -0.25) is 4.68 Å². The Balaban J connectivity index is 2.20. The molecule has 1 fully saturated rings. The van der Waals surface area contributed by atoms with Gasteiger partial charge in [0.25, 0.3) is 0 Å². The van der Waals surface area contributed by atoms with E-state index in [4.69, 9.17) is 5.73 Å². The highest BCUT2D eigenvalue weighted by atomic mass is 15.4. The lowest BCUT2D eigenvalue weighted by Gasteiger charge is -2.15. The third-order valence-corrected chi connectivity index (χ3v) is 3.12. The van der Waals surface area contributed by atoms with Crippen molar-refractivity contribution in [3.63, 3.8) is 0 Å². The Morgan fingerprint density at radius 1 is 1.36 bits per heavy atom. The first-order valence-electron chi connectivity index (χ1n) is 5.12. The van der Waals surface area contributed by atoms with Crippen molar-refractivity contribution in [1.29, 1.82) is 0 Å². The number of hydrogen-bond donors (Lipinski definition) is 1. The summed E-state index contributed by atoms with van der Waals surface area (Å²) in [6.07, 6.45) is 1.86. The van der Waals surface area contributed by atoms with Crippen LogP contribution in [0.2, 0.25) is 0 Å². The van der Waals surface area contributed by atoms with Crippen LogP contribution in [0, 0.1) is 11.8 Å². The Labute approximate surface area is 84.7 Å². The standard InChI is InChI=1S/C10H18N4/c1-7-4-14(5-8(7)2)10-9(11)6-13(3)12-10/h6-8H,4-5,11H2,1-3H3. The molecule has 78 valence electrons. The summed E-state index contributed by atoms with van der Waals surface area (Å²) >= 11 is 0. The molecule has 0 aliphatic carbocycles. The molecule has 1 aliphatic rings. The van der Waals surface area contributed by atoms with E-state index < -0.39 is 0 Å². The summed E-state index contributed by atoms with van der Waals surface area (Å²) in [5.41, 5.74) is 6.67. The van der Waals surface area contributed by atoms with Gasteiger partial charge in [-0.2, -0.15) is 5.10 Å². The summed E-state index contributed by atoms with van der Waals surface area (Å²) in [6.45, 7) is 6.71. The van der Waals surface area contributed by atoms with E-state index in [0.717, 1.165) is 36.4 Å². The molecule has 0 aromatic carbocycles. The number of nitrogens with zero attached hydrogens (tertiary/aromatic N) is 3. The molecule has 1 aromatic rings. The lowest BCUT2D eigenvalue weighted by Crippen LogP contribution is -2.21. The number of nitrogens with two attached hydrogens (primary N) is 1. The average molecular weight is 194 g/mol. The van der Waals surface area contributed by atoms with Gasteiger partial charge in [0.05, 0.1) is 5.69 Å². The summed E-state index contributed by atoms with van der Waals surface area (Å²) in [5, 5.41) is 4.38. The van der Waals surface area contributed by atoms with E-state index in [0.29, 0.717) is 0 Å². The van der Waals surface area contributed by atoms with Crippen LogP contribution in [-0.2, 0) is 7.05 Å². The second-order valence-corrected chi connectivity index (χ2v) is 4.44. The highest BCUT2D eigenvalue weighted by Gasteiger charge is 2.28. The van der Waals surface area contributed by atoms with Gasteiger partial charge in [0.15, 0.2) is 5.82 Å². The van der Waals surface area contributed by atoms with Gasteiger partial charge in [0, 0.05) is 26.3 Å². The molecule has 1 aliphatic heterocycles. The summed E-state index contributed by atoms with van der Waals surface area (Å²) in [4.78, 5) is 2.28. The third-order valence-electron chi connectivity index (χ3n) is 3.12. The van der Waals surface area contributed by atoms with Crippen LogP contribution in [0.1, 0.15) is 13.8 Å². The first-order valence-corrected chi connectivity index (χ1v) is 5.12. The average Bonchev–Trinajstić information content (AvgIpc) is 2.57. The van der Waals surface area contributed by atoms with Gasteiger partial charge >= 0.3 is 0 Å². The Morgan fingerprint density at radius 2 is 1.93 bits per heavy atom. The molecule has 2 N–H and O–H groups in total. The highest BCUT2D eigenvalue weighted by molar-refractivity contribution is 5.62. The fraction of sp³-hybridized carbons (Fsp3) is 0.700. The maximum Gasteiger partial charge on any atom is 0.173 e. The van der Waals surface area contributed by atoms with Crippen LogP contribution in [-0.4, -0.2) is 22.9 Å². The van der Waals surface area contributed by atoms with E-state index in [1.165, 1.54) is 0 Å². The normalized spacial score (nSPS) is 27.2. The van der Waals surface area contributed by atoms with E-state index >= 15 is 0 Å². The number of aryl methyl sites for hydroxylation is 1. The van der Waals surface area contributed by atoms with Crippen LogP contribution in [0.15, 0.2) is 6.20 Å². The molecule has 0 radical (unpaired) electrons. The lowest BCUT2D eigenvalue weighted by molar-refractivity contribution is 0.494. The van der Waals surface area contributed by atoms with E-state index in [9.17, 15) is 0 Å². The van der Waals surface area contributed by atoms with Crippen molar-refractivity contribution in [2.45, 2.75) is 13.8 Å². The van der Waals surface area contributed by atoms with Crippen molar-refractivity contribution in [3.8, 4) is 0 Å². The molecular formula is C10H18N4. The quantitative estimate of drug-likeness (QED) is 0.728. The van der Waals surface area contributed by atoms with Crippen LogP contribution in [0.5, 0.6) is 0 Å². The molecule has 0 saturated carbocycles. The van der Waals surface area contributed by atoms with E-state index in [1.807, 2.05) is 13.2 Å². The number of hydrogen-bond acceptors (Lipinski definition) is 3. The SMILES string of the molecule is CC1CN(c2nn(C)cc2N)CC1C. The van der Waals surface area contributed by atoms with Crippen LogP contribution in [0.3, 0.4) is 0 Å². The maximum absolute atomic E-state index is 5.89. The number of aromatic nitrogens is 2. The molecule has 1 aromatic heterocycles. The van der Waals surface area contributed by atoms with Crippen molar-refractivity contribution in [1.82, 2.24) is 9.78 Å². The molecule has 2 unspecified atom stereocenters. The highest BCUT2D eigenvalue weighted by Crippen LogP contribution is 2.29. The van der Waals surface area contributed by atoms with Crippen molar-refractivity contribution >= 4 is 11.5 Å². The van der Waals surface area contributed by atoms with Gasteiger partial charge in [0.1, 0.15) is 0 Å². The lowest BCUT2D eigenvalue weighted by atomic mass is 10.0.